The summed E-state index contributed by atoms with van der Waals surface area (Å²) in [6, 6.07) is 6.70. The van der Waals surface area contributed by atoms with Crippen molar-refractivity contribution in [2.24, 2.45) is 0 Å². The Bertz CT molecular complexity index is 525. The number of carbonyl (C=O) groups excluding carboxylic acids is 1. The van der Waals surface area contributed by atoms with Gasteiger partial charge in [-0.15, -0.1) is 0 Å². The summed E-state index contributed by atoms with van der Waals surface area (Å²) in [4.78, 5) is 14.8. The van der Waals surface area contributed by atoms with Crippen LogP contribution in [-0.4, -0.2) is 26.2 Å². The van der Waals surface area contributed by atoms with Gasteiger partial charge in [-0.2, -0.15) is 0 Å². The van der Waals surface area contributed by atoms with E-state index in [4.69, 9.17) is 4.74 Å². The lowest BCUT2D eigenvalue weighted by Gasteiger charge is -2.39. The Balaban J connectivity index is 2.22. The normalized spacial score (nSPS) is 28.8. The summed E-state index contributed by atoms with van der Waals surface area (Å²) in [5.41, 5.74) is 3.14. The van der Waals surface area contributed by atoms with Gasteiger partial charge >= 0.3 is 5.97 Å². The molecule has 19 heavy (non-hydrogen) atoms. The summed E-state index contributed by atoms with van der Waals surface area (Å²) < 4.78 is 5.17. The largest absolute Gasteiger partial charge is 0.468 e. The number of fused-ring (bicyclic) bond motifs is 3. The predicted octanol–water partition coefficient (Wildman–Crippen LogP) is 2.80. The van der Waals surface area contributed by atoms with Crippen molar-refractivity contribution in [1.29, 1.82) is 0 Å². The maximum atomic E-state index is 12.5. The van der Waals surface area contributed by atoms with Crippen LogP contribution < -0.4 is 4.90 Å². The van der Waals surface area contributed by atoms with E-state index in [1.807, 2.05) is 0 Å². The molecule has 3 rings (SSSR count). The monoisotopic (exact) mass is 259 g/mol. The number of hydrogen-bond acceptors (Lipinski definition) is 3. The Morgan fingerprint density at radius 1 is 1.42 bits per heavy atom. The molecule has 2 aliphatic rings. The Kier molecular flexibility index (Phi) is 2.80. The molecule has 0 saturated heterocycles. The molecular formula is C16H21NO2. The number of ether oxygens (including phenoxy) is 1. The lowest BCUT2D eigenvalue weighted by atomic mass is 9.68. The fourth-order valence-corrected chi connectivity index (χ4v) is 4.01. The van der Waals surface area contributed by atoms with Gasteiger partial charge in [0.2, 0.25) is 0 Å². The fourth-order valence-electron chi connectivity index (χ4n) is 4.01. The van der Waals surface area contributed by atoms with Crippen LogP contribution in [0.2, 0.25) is 0 Å². The highest BCUT2D eigenvalue weighted by molar-refractivity contribution is 5.90. The van der Waals surface area contributed by atoms with E-state index < -0.39 is 5.41 Å². The van der Waals surface area contributed by atoms with Gasteiger partial charge in [-0.3, -0.25) is 4.79 Å². The molecule has 0 bridgehead atoms. The summed E-state index contributed by atoms with van der Waals surface area (Å²) in [6.45, 7) is 2.08. The third-order valence-electron chi connectivity index (χ3n) is 4.90. The first-order valence-corrected chi connectivity index (χ1v) is 7.03. The van der Waals surface area contributed by atoms with Crippen LogP contribution in [-0.2, 0) is 14.9 Å². The zero-order chi connectivity index (χ0) is 13.6. The number of hydrogen-bond donors (Lipinski definition) is 0. The van der Waals surface area contributed by atoms with E-state index in [2.05, 4.69) is 37.1 Å². The minimum atomic E-state index is -0.441. The highest BCUT2D eigenvalue weighted by atomic mass is 16.5. The minimum absolute atomic E-state index is 0.0617. The predicted molar refractivity (Wildman–Crippen MR) is 75.5 cm³/mol. The first-order valence-electron chi connectivity index (χ1n) is 7.03. The molecule has 1 saturated carbocycles. The highest BCUT2D eigenvalue weighted by Crippen LogP contribution is 2.52. The van der Waals surface area contributed by atoms with Crippen LogP contribution in [0.15, 0.2) is 18.2 Å². The third-order valence-corrected chi connectivity index (χ3v) is 4.90. The van der Waals surface area contributed by atoms with Crippen LogP contribution >= 0.6 is 0 Å². The molecule has 1 fully saturated rings. The summed E-state index contributed by atoms with van der Waals surface area (Å²) in [5, 5.41) is 0. The van der Waals surface area contributed by atoms with Crippen molar-refractivity contribution in [1.82, 2.24) is 0 Å². The number of methoxy groups -OCH3 is 1. The number of carbonyl (C=O) groups is 1. The van der Waals surface area contributed by atoms with Gasteiger partial charge in [-0.1, -0.05) is 30.5 Å². The zero-order valence-corrected chi connectivity index (χ0v) is 11.9. The number of likely N-dealkylation sites (N-methyl/N-ethyl adjacent to an activating group) is 1. The number of esters is 1. The number of benzene rings is 1. The average molecular weight is 259 g/mol. The topological polar surface area (TPSA) is 29.5 Å². The van der Waals surface area contributed by atoms with Gasteiger partial charge in [0.15, 0.2) is 0 Å². The zero-order valence-electron chi connectivity index (χ0n) is 11.9. The number of nitrogens with zero attached hydrogens (tertiary/aromatic N) is 1. The molecule has 2 atom stereocenters. The van der Waals surface area contributed by atoms with E-state index in [1.165, 1.54) is 30.3 Å². The van der Waals surface area contributed by atoms with Gasteiger partial charge in [0.25, 0.3) is 0 Å². The molecule has 0 spiro atoms. The van der Waals surface area contributed by atoms with Crippen LogP contribution in [0, 0.1) is 6.92 Å². The maximum absolute atomic E-state index is 12.5. The fraction of sp³-hybridized carbons (Fsp3) is 0.562. The van der Waals surface area contributed by atoms with E-state index >= 15 is 0 Å². The number of aryl methyl sites for hydroxylation is 1. The third kappa shape index (κ3) is 1.54. The average Bonchev–Trinajstić information content (AvgIpc) is 2.69. The van der Waals surface area contributed by atoms with E-state index in [9.17, 15) is 4.79 Å². The molecule has 102 valence electrons. The molecule has 0 amide bonds. The molecule has 0 radical (unpaired) electrons. The lowest BCUT2D eigenvalue weighted by Crippen LogP contribution is -2.51. The Morgan fingerprint density at radius 2 is 2.21 bits per heavy atom. The molecule has 1 aromatic carbocycles. The quantitative estimate of drug-likeness (QED) is 0.726. The molecule has 1 aromatic rings. The minimum Gasteiger partial charge on any atom is -0.468 e. The molecule has 3 heteroatoms. The van der Waals surface area contributed by atoms with Gasteiger partial charge in [-0.05, 0) is 31.4 Å². The van der Waals surface area contributed by atoms with E-state index in [-0.39, 0.29) is 12.0 Å². The van der Waals surface area contributed by atoms with Crippen molar-refractivity contribution in [3.63, 3.8) is 0 Å². The number of rotatable bonds is 1. The summed E-state index contributed by atoms with van der Waals surface area (Å²) >= 11 is 0. The second-order valence-corrected chi connectivity index (χ2v) is 5.86. The van der Waals surface area contributed by atoms with Crippen molar-refractivity contribution < 1.29 is 9.53 Å². The standard InChI is InChI=1S/C16H21NO2/c1-11-7-8-13-12(10-11)16(15(18)19-3)9-5-4-6-14(16)17(13)2/h7-8,10,14H,4-6,9H2,1-3H3/t14-,16+/m1/s1. The molecule has 1 aliphatic heterocycles. The van der Waals surface area contributed by atoms with Crippen LogP contribution in [0.25, 0.3) is 0 Å². The lowest BCUT2D eigenvalue weighted by molar-refractivity contribution is -0.149. The van der Waals surface area contributed by atoms with Gasteiger partial charge < -0.3 is 9.64 Å². The Morgan fingerprint density at radius 3 is 2.95 bits per heavy atom. The summed E-state index contributed by atoms with van der Waals surface area (Å²) in [6.07, 6.45) is 4.28. The molecule has 0 unspecified atom stereocenters. The first-order chi connectivity index (χ1) is 9.11. The molecule has 0 aromatic heterocycles. The summed E-state index contributed by atoms with van der Waals surface area (Å²) in [5.74, 6) is -0.0617. The van der Waals surface area contributed by atoms with Crippen molar-refractivity contribution in [2.75, 3.05) is 19.1 Å². The SMILES string of the molecule is COC(=O)[C@]12CCCC[C@H]1N(C)c1ccc(C)cc12. The molecular weight excluding hydrogens is 238 g/mol. The van der Waals surface area contributed by atoms with Crippen molar-refractivity contribution in [3.8, 4) is 0 Å². The molecule has 0 N–H and O–H groups in total. The van der Waals surface area contributed by atoms with Crippen LogP contribution in [0.1, 0.15) is 36.8 Å². The first kappa shape index (κ1) is 12.5. The van der Waals surface area contributed by atoms with Gasteiger partial charge in [0.05, 0.1) is 7.11 Å². The van der Waals surface area contributed by atoms with Crippen molar-refractivity contribution in [2.45, 2.75) is 44.1 Å². The number of anilines is 1. The van der Waals surface area contributed by atoms with Crippen molar-refractivity contribution >= 4 is 11.7 Å². The van der Waals surface area contributed by atoms with Crippen LogP contribution in [0.3, 0.4) is 0 Å². The highest BCUT2D eigenvalue weighted by Gasteiger charge is 2.56. The second kappa shape index (κ2) is 4.26. The van der Waals surface area contributed by atoms with Crippen LogP contribution in [0.4, 0.5) is 5.69 Å². The van der Waals surface area contributed by atoms with E-state index in [0.29, 0.717) is 0 Å². The Hall–Kier alpha value is -1.51. The van der Waals surface area contributed by atoms with Crippen molar-refractivity contribution in [3.05, 3.63) is 29.3 Å². The van der Waals surface area contributed by atoms with Crippen LogP contribution in [0.5, 0.6) is 0 Å². The Labute approximate surface area is 114 Å². The van der Waals surface area contributed by atoms with E-state index in [1.54, 1.807) is 0 Å². The van der Waals surface area contributed by atoms with Gasteiger partial charge in [0, 0.05) is 18.8 Å². The van der Waals surface area contributed by atoms with Gasteiger partial charge in [-0.25, -0.2) is 0 Å². The van der Waals surface area contributed by atoms with Gasteiger partial charge in [0.1, 0.15) is 5.41 Å². The van der Waals surface area contributed by atoms with E-state index in [0.717, 1.165) is 19.3 Å². The molecule has 1 aliphatic carbocycles. The smallest absolute Gasteiger partial charge is 0.318 e. The molecule has 1 heterocycles. The maximum Gasteiger partial charge on any atom is 0.318 e. The molecule has 3 nitrogen and oxygen atoms in total. The summed E-state index contributed by atoms with van der Waals surface area (Å²) in [7, 11) is 3.62. The second-order valence-electron chi connectivity index (χ2n) is 5.86.